The van der Waals surface area contributed by atoms with Crippen molar-refractivity contribution in [2.75, 3.05) is 0 Å². The molecule has 0 aromatic heterocycles. The van der Waals surface area contributed by atoms with Gasteiger partial charge < -0.3 is 9.84 Å². The van der Waals surface area contributed by atoms with Gasteiger partial charge in [-0.2, -0.15) is 31.4 Å². The van der Waals surface area contributed by atoms with Gasteiger partial charge in [-0.1, -0.05) is 34.8 Å². The molecular weight excluding hydrogens is 629 g/mol. The summed E-state index contributed by atoms with van der Waals surface area (Å²) >= 11 is 17.6. The fourth-order valence-electron chi connectivity index (χ4n) is 3.61. The number of Topliss-reactive ketones (excluding diaryl/α,β-unsaturated/α-hetero) is 1. The van der Waals surface area contributed by atoms with Crippen LogP contribution in [0.25, 0.3) is 0 Å². The number of benzene rings is 2. The van der Waals surface area contributed by atoms with Crippen molar-refractivity contribution in [1.29, 1.82) is 0 Å². The highest BCUT2D eigenvalue weighted by Crippen LogP contribution is 2.44. The molecule has 16 heteroatoms. The maximum absolute atomic E-state index is 14.0. The summed E-state index contributed by atoms with van der Waals surface area (Å²) in [6, 6.07) is 4.99. The number of halogens is 9. The third-order valence-electron chi connectivity index (χ3n) is 5.48. The Balaban J connectivity index is 2.56. The van der Waals surface area contributed by atoms with Crippen molar-refractivity contribution >= 4 is 52.6 Å². The van der Waals surface area contributed by atoms with E-state index in [9.17, 15) is 45.8 Å². The first kappa shape index (κ1) is 34.6. The highest BCUT2D eigenvalue weighted by Gasteiger charge is 2.56. The number of rotatable bonds is 7. The van der Waals surface area contributed by atoms with Gasteiger partial charge in [-0.25, -0.2) is 10.6 Å². The smallest absolute Gasteiger partial charge is 0.431 e. The quantitative estimate of drug-likeness (QED) is 0.107. The first-order chi connectivity index (χ1) is 18.4. The van der Waals surface area contributed by atoms with Gasteiger partial charge >= 0.3 is 18.4 Å². The zero-order valence-electron chi connectivity index (χ0n) is 21.5. The van der Waals surface area contributed by atoms with Crippen molar-refractivity contribution in [3.8, 4) is 0 Å². The number of alkyl halides is 6. The molecule has 3 N–H and O–H groups in total. The monoisotopic (exact) mass is 650 g/mol. The third kappa shape index (κ3) is 8.95. The second-order valence-corrected chi connectivity index (χ2v) is 11.2. The van der Waals surface area contributed by atoms with E-state index in [1.54, 1.807) is 0 Å². The van der Waals surface area contributed by atoms with Crippen LogP contribution in [0.2, 0.25) is 15.1 Å². The number of ketones is 1. The van der Waals surface area contributed by atoms with Crippen LogP contribution < -0.4 is 5.84 Å². The van der Waals surface area contributed by atoms with Gasteiger partial charge in [0.2, 0.25) is 0 Å². The summed E-state index contributed by atoms with van der Waals surface area (Å²) in [5.74, 6) is 0.124. The van der Waals surface area contributed by atoms with Crippen LogP contribution in [0.4, 0.5) is 31.1 Å². The van der Waals surface area contributed by atoms with Gasteiger partial charge in [-0.15, -0.1) is 0 Å². The van der Waals surface area contributed by atoms with Gasteiger partial charge in [0.1, 0.15) is 5.60 Å². The fourth-order valence-corrected chi connectivity index (χ4v) is 4.38. The Morgan fingerprint density at radius 2 is 1.49 bits per heavy atom. The molecular formula is C25H23Cl3F6N2O5. The number of nitrogens with two attached hydrogens (primary N) is 1. The first-order valence-electron chi connectivity index (χ1n) is 11.4. The van der Waals surface area contributed by atoms with Crippen LogP contribution in [-0.4, -0.2) is 45.9 Å². The molecule has 2 aromatic carbocycles. The lowest BCUT2D eigenvalue weighted by Gasteiger charge is -2.31. The molecule has 2 amide bonds. The van der Waals surface area contributed by atoms with Crippen molar-refractivity contribution < 1.29 is 50.6 Å². The van der Waals surface area contributed by atoms with Gasteiger partial charge in [0.15, 0.2) is 11.4 Å². The predicted molar refractivity (Wildman–Crippen MR) is 137 cm³/mol. The number of imide groups is 1. The highest BCUT2D eigenvalue weighted by molar-refractivity contribution is 6.34. The summed E-state index contributed by atoms with van der Waals surface area (Å²) in [4.78, 5) is 38.2. The topological polar surface area (TPSA) is 110 Å². The minimum absolute atomic E-state index is 0.197. The van der Waals surface area contributed by atoms with E-state index in [-0.39, 0.29) is 15.1 Å². The number of hydrazine groups is 1. The van der Waals surface area contributed by atoms with Crippen molar-refractivity contribution in [3.05, 3.63) is 68.2 Å². The molecule has 2 unspecified atom stereocenters. The molecule has 0 aliphatic rings. The van der Waals surface area contributed by atoms with Crippen LogP contribution in [0.3, 0.4) is 0 Å². The van der Waals surface area contributed by atoms with E-state index in [1.807, 2.05) is 0 Å². The van der Waals surface area contributed by atoms with Crippen molar-refractivity contribution in [3.63, 3.8) is 0 Å². The number of nitrogens with zero attached hydrogens (tertiary/aromatic N) is 1. The molecule has 0 spiro atoms. The van der Waals surface area contributed by atoms with E-state index in [0.29, 0.717) is 6.07 Å². The van der Waals surface area contributed by atoms with Gasteiger partial charge in [0.05, 0.1) is 18.8 Å². The number of ether oxygens (including phenoxy) is 1. The van der Waals surface area contributed by atoms with E-state index >= 15 is 0 Å². The molecule has 0 saturated heterocycles. The summed E-state index contributed by atoms with van der Waals surface area (Å²) in [5.41, 5.74) is -7.17. The summed E-state index contributed by atoms with van der Waals surface area (Å²) in [6.45, 7) is 4.21. The number of aliphatic hydroxyl groups is 1. The Kier molecular flexibility index (Phi) is 10.4. The van der Waals surface area contributed by atoms with Crippen LogP contribution in [0.5, 0.6) is 0 Å². The average Bonchev–Trinajstić information content (AvgIpc) is 2.78. The predicted octanol–water partition coefficient (Wildman–Crippen LogP) is 7.34. The van der Waals surface area contributed by atoms with Crippen LogP contribution in [0.1, 0.15) is 61.0 Å². The summed E-state index contributed by atoms with van der Waals surface area (Å²) < 4.78 is 87.4. The zero-order chi connectivity index (χ0) is 31.7. The third-order valence-corrected chi connectivity index (χ3v) is 6.26. The second-order valence-electron chi connectivity index (χ2n) is 9.91. The van der Waals surface area contributed by atoms with Crippen LogP contribution >= 0.6 is 34.8 Å². The van der Waals surface area contributed by atoms with E-state index in [1.165, 1.54) is 20.8 Å². The molecule has 0 saturated carbocycles. The minimum Gasteiger partial charge on any atom is -0.442 e. The summed E-state index contributed by atoms with van der Waals surface area (Å²) in [5, 5.41) is 9.39. The highest BCUT2D eigenvalue weighted by atomic mass is 35.5. The number of hydrogen-bond acceptors (Lipinski definition) is 6. The van der Waals surface area contributed by atoms with Gasteiger partial charge in [0.25, 0.3) is 5.91 Å². The number of carbonyl (C=O) groups excluding carboxylic acids is 3. The maximum Gasteiger partial charge on any atom is 0.431 e. The molecule has 2 atom stereocenters. The van der Waals surface area contributed by atoms with E-state index in [4.69, 9.17) is 45.4 Å². The number of amides is 2. The van der Waals surface area contributed by atoms with Crippen molar-refractivity contribution in [2.45, 2.75) is 63.1 Å². The molecule has 0 aliphatic carbocycles. The van der Waals surface area contributed by atoms with Crippen LogP contribution in [0.15, 0.2) is 36.4 Å². The van der Waals surface area contributed by atoms with Crippen LogP contribution in [0, 0.1) is 0 Å². The number of hydrogen-bond donors (Lipinski definition) is 2. The lowest BCUT2D eigenvalue weighted by molar-refractivity contribution is -0.264. The molecule has 2 aromatic rings. The largest absolute Gasteiger partial charge is 0.442 e. The van der Waals surface area contributed by atoms with Gasteiger partial charge in [0, 0.05) is 20.6 Å². The zero-order valence-corrected chi connectivity index (χ0v) is 23.7. The molecule has 0 bridgehead atoms. The standard InChI is InChI=1S/C25H23Cl3F6N2O5/c1-22(2,3)41-21(39)36(35)20(38)17(10-24(29,30)31)16-6-12(4-5-18(16)28)19(37)11-23(40,25(32,33)34)13-7-14(26)9-15(27)8-13/h4-9,17,40H,10-11,35H2,1-3H3. The lowest BCUT2D eigenvalue weighted by atomic mass is 9.85. The summed E-state index contributed by atoms with van der Waals surface area (Å²) in [6.07, 6.45) is -15.5. The molecule has 0 heterocycles. The normalized spacial score (nSPS) is 14.7. The van der Waals surface area contributed by atoms with E-state index in [2.05, 4.69) is 0 Å². The first-order valence-corrected chi connectivity index (χ1v) is 12.6. The Hall–Kier alpha value is -2.58. The molecule has 2 rings (SSSR count). The minimum atomic E-state index is -5.44. The Labute approximate surface area is 245 Å². The Morgan fingerprint density at radius 1 is 0.951 bits per heavy atom. The summed E-state index contributed by atoms with van der Waals surface area (Å²) in [7, 11) is 0. The van der Waals surface area contributed by atoms with Crippen LogP contribution in [-0.2, 0) is 15.1 Å². The number of carbonyl (C=O) groups is 3. The average molecular weight is 652 g/mol. The van der Waals surface area contributed by atoms with Crippen molar-refractivity contribution in [1.82, 2.24) is 5.01 Å². The van der Waals surface area contributed by atoms with Gasteiger partial charge in [-0.3, -0.25) is 9.59 Å². The molecule has 7 nitrogen and oxygen atoms in total. The Morgan fingerprint density at radius 3 is 1.95 bits per heavy atom. The maximum atomic E-state index is 14.0. The fraction of sp³-hybridized carbons (Fsp3) is 0.400. The Bertz CT molecular complexity index is 1310. The molecule has 0 aliphatic heterocycles. The van der Waals surface area contributed by atoms with E-state index < -0.39 is 81.8 Å². The van der Waals surface area contributed by atoms with Crippen molar-refractivity contribution in [2.24, 2.45) is 5.84 Å². The van der Waals surface area contributed by atoms with Gasteiger partial charge in [-0.05, 0) is 68.3 Å². The SMILES string of the molecule is CC(C)(C)OC(=O)N(N)C(=O)C(CC(F)(F)F)c1cc(C(=O)CC(O)(c2cc(Cl)cc(Cl)c2)C(F)(F)F)ccc1Cl. The molecule has 226 valence electrons. The lowest BCUT2D eigenvalue weighted by Crippen LogP contribution is -2.48. The molecule has 0 radical (unpaired) electrons. The second kappa shape index (κ2) is 12.3. The van der Waals surface area contributed by atoms with E-state index in [0.717, 1.165) is 30.3 Å². The molecule has 0 fully saturated rings. The molecule has 41 heavy (non-hydrogen) atoms.